The topological polar surface area (TPSA) is 63.8 Å². The van der Waals surface area contributed by atoms with Gasteiger partial charge in [0.1, 0.15) is 17.3 Å². The summed E-state index contributed by atoms with van der Waals surface area (Å²) in [5.74, 6) is 1.54. The summed E-state index contributed by atoms with van der Waals surface area (Å²) in [5, 5.41) is 6.92. The van der Waals surface area contributed by atoms with Crippen molar-refractivity contribution in [2.24, 2.45) is 0 Å². The number of rotatable bonds is 3. The maximum absolute atomic E-state index is 4.93. The van der Waals surface area contributed by atoms with Crippen molar-refractivity contribution in [1.82, 2.24) is 15.1 Å². The third-order valence-electron chi connectivity index (χ3n) is 1.69. The van der Waals surface area contributed by atoms with Gasteiger partial charge >= 0.3 is 0 Å². The Bertz CT molecular complexity index is 398. The van der Waals surface area contributed by atoms with Gasteiger partial charge in [-0.05, 0) is 6.92 Å². The molecule has 5 heteroatoms. The van der Waals surface area contributed by atoms with E-state index in [0.717, 1.165) is 17.3 Å². The molecule has 0 aliphatic carbocycles. The van der Waals surface area contributed by atoms with Crippen LogP contribution in [0.4, 0.5) is 5.82 Å². The molecule has 0 aliphatic rings. The molecule has 5 nitrogen and oxygen atoms in total. The summed E-state index contributed by atoms with van der Waals surface area (Å²) < 4.78 is 4.93. The van der Waals surface area contributed by atoms with E-state index in [1.807, 2.05) is 13.0 Å². The lowest BCUT2D eigenvalue weighted by atomic mass is 10.4. The van der Waals surface area contributed by atoms with Crippen LogP contribution < -0.4 is 5.32 Å². The standard InChI is InChI=1S/C9H10N4O/c1-7-4-8(13-14-7)5-12-9-6-10-2-3-11-9/h2-4,6H,5H2,1H3,(H,11,12). The van der Waals surface area contributed by atoms with E-state index in [9.17, 15) is 0 Å². The van der Waals surface area contributed by atoms with Crippen molar-refractivity contribution >= 4 is 5.82 Å². The van der Waals surface area contributed by atoms with Crippen molar-refractivity contribution in [3.05, 3.63) is 36.1 Å². The molecule has 2 aromatic rings. The largest absolute Gasteiger partial charge is 0.363 e. The Morgan fingerprint density at radius 3 is 3.00 bits per heavy atom. The van der Waals surface area contributed by atoms with Crippen molar-refractivity contribution < 1.29 is 4.52 Å². The smallest absolute Gasteiger partial charge is 0.144 e. The lowest BCUT2D eigenvalue weighted by Crippen LogP contribution is -2.01. The van der Waals surface area contributed by atoms with Crippen molar-refractivity contribution in [3.63, 3.8) is 0 Å². The van der Waals surface area contributed by atoms with Gasteiger partial charge in [-0.3, -0.25) is 4.98 Å². The van der Waals surface area contributed by atoms with Crippen molar-refractivity contribution in [2.45, 2.75) is 13.5 Å². The van der Waals surface area contributed by atoms with Crippen LogP contribution in [-0.4, -0.2) is 15.1 Å². The van der Waals surface area contributed by atoms with Crippen LogP contribution in [0.2, 0.25) is 0 Å². The molecule has 0 unspecified atom stereocenters. The molecule has 2 aromatic heterocycles. The molecule has 0 bridgehead atoms. The molecule has 2 rings (SSSR count). The highest BCUT2D eigenvalue weighted by Crippen LogP contribution is 2.04. The molecule has 0 saturated carbocycles. The maximum atomic E-state index is 4.93. The van der Waals surface area contributed by atoms with Gasteiger partial charge in [0.15, 0.2) is 0 Å². The second-order valence-electron chi connectivity index (χ2n) is 2.87. The molecule has 14 heavy (non-hydrogen) atoms. The molecular weight excluding hydrogens is 180 g/mol. The van der Waals surface area contributed by atoms with E-state index < -0.39 is 0 Å². The van der Waals surface area contributed by atoms with E-state index in [-0.39, 0.29) is 0 Å². The monoisotopic (exact) mass is 190 g/mol. The average molecular weight is 190 g/mol. The van der Waals surface area contributed by atoms with Crippen LogP contribution >= 0.6 is 0 Å². The van der Waals surface area contributed by atoms with E-state index >= 15 is 0 Å². The van der Waals surface area contributed by atoms with Crippen LogP contribution in [0.15, 0.2) is 29.2 Å². The normalized spacial score (nSPS) is 10.1. The van der Waals surface area contributed by atoms with Gasteiger partial charge in [0.25, 0.3) is 0 Å². The van der Waals surface area contributed by atoms with Crippen LogP contribution in [0.3, 0.4) is 0 Å². The molecule has 2 heterocycles. The molecule has 0 aromatic carbocycles. The number of aryl methyl sites for hydroxylation is 1. The van der Waals surface area contributed by atoms with E-state index in [1.54, 1.807) is 18.6 Å². The SMILES string of the molecule is Cc1cc(CNc2cnccn2)no1. The molecule has 0 saturated heterocycles. The number of aromatic nitrogens is 3. The van der Waals surface area contributed by atoms with Gasteiger partial charge in [-0.1, -0.05) is 5.16 Å². The van der Waals surface area contributed by atoms with Gasteiger partial charge in [-0.15, -0.1) is 0 Å². The van der Waals surface area contributed by atoms with Gasteiger partial charge in [-0.25, -0.2) is 4.98 Å². The highest BCUT2D eigenvalue weighted by molar-refractivity contribution is 5.30. The summed E-state index contributed by atoms with van der Waals surface area (Å²) in [5.41, 5.74) is 0.855. The third-order valence-corrected chi connectivity index (χ3v) is 1.69. The van der Waals surface area contributed by atoms with Crippen molar-refractivity contribution in [1.29, 1.82) is 0 Å². The number of anilines is 1. The zero-order valence-electron chi connectivity index (χ0n) is 7.77. The van der Waals surface area contributed by atoms with E-state index in [0.29, 0.717) is 6.54 Å². The lowest BCUT2D eigenvalue weighted by molar-refractivity contribution is 0.391. The quantitative estimate of drug-likeness (QED) is 0.792. The number of nitrogens with zero attached hydrogens (tertiary/aromatic N) is 3. The van der Waals surface area contributed by atoms with Crippen LogP contribution in [0, 0.1) is 6.92 Å². The Labute approximate surface area is 81.2 Å². The summed E-state index contributed by atoms with van der Waals surface area (Å²) in [4.78, 5) is 8.00. The minimum absolute atomic E-state index is 0.593. The second kappa shape index (κ2) is 3.87. The fourth-order valence-electron chi connectivity index (χ4n) is 1.07. The molecule has 0 aliphatic heterocycles. The van der Waals surface area contributed by atoms with Crippen molar-refractivity contribution in [3.8, 4) is 0 Å². The Morgan fingerprint density at radius 1 is 1.43 bits per heavy atom. The third kappa shape index (κ3) is 2.07. The fraction of sp³-hybridized carbons (Fsp3) is 0.222. The Balaban J connectivity index is 1.95. The minimum atomic E-state index is 0.593. The summed E-state index contributed by atoms with van der Waals surface area (Å²) in [6.07, 6.45) is 4.93. The first-order chi connectivity index (χ1) is 6.84. The Kier molecular flexibility index (Phi) is 2.40. The summed E-state index contributed by atoms with van der Waals surface area (Å²) in [6, 6.07) is 1.88. The minimum Gasteiger partial charge on any atom is -0.363 e. The van der Waals surface area contributed by atoms with Crippen LogP contribution in [0.5, 0.6) is 0 Å². The van der Waals surface area contributed by atoms with Gasteiger partial charge < -0.3 is 9.84 Å². The first-order valence-corrected chi connectivity index (χ1v) is 4.26. The molecular formula is C9H10N4O. The predicted molar refractivity (Wildman–Crippen MR) is 50.6 cm³/mol. The van der Waals surface area contributed by atoms with Crippen LogP contribution in [-0.2, 0) is 6.54 Å². The highest BCUT2D eigenvalue weighted by Gasteiger charge is 1.99. The number of nitrogens with one attached hydrogen (secondary N) is 1. The first-order valence-electron chi connectivity index (χ1n) is 4.26. The molecule has 0 radical (unpaired) electrons. The second-order valence-corrected chi connectivity index (χ2v) is 2.87. The zero-order chi connectivity index (χ0) is 9.80. The maximum Gasteiger partial charge on any atom is 0.144 e. The van der Waals surface area contributed by atoms with Gasteiger partial charge in [-0.2, -0.15) is 0 Å². The summed E-state index contributed by atoms with van der Waals surface area (Å²) >= 11 is 0. The fourth-order valence-corrected chi connectivity index (χ4v) is 1.07. The number of hydrogen-bond acceptors (Lipinski definition) is 5. The van der Waals surface area contributed by atoms with Crippen LogP contribution in [0.1, 0.15) is 11.5 Å². The molecule has 1 N–H and O–H groups in total. The van der Waals surface area contributed by atoms with Gasteiger partial charge in [0, 0.05) is 18.5 Å². The van der Waals surface area contributed by atoms with E-state index in [2.05, 4.69) is 20.4 Å². The van der Waals surface area contributed by atoms with Crippen molar-refractivity contribution in [2.75, 3.05) is 5.32 Å². The molecule has 0 spiro atoms. The highest BCUT2D eigenvalue weighted by atomic mass is 16.5. The first kappa shape index (κ1) is 8.68. The predicted octanol–water partition coefficient (Wildman–Crippen LogP) is 1.39. The van der Waals surface area contributed by atoms with E-state index in [1.165, 1.54) is 0 Å². The van der Waals surface area contributed by atoms with E-state index in [4.69, 9.17) is 4.52 Å². The Hall–Kier alpha value is -1.91. The lowest BCUT2D eigenvalue weighted by Gasteiger charge is -2.00. The van der Waals surface area contributed by atoms with Crippen LogP contribution in [0.25, 0.3) is 0 Å². The molecule has 72 valence electrons. The molecule has 0 atom stereocenters. The Morgan fingerprint density at radius 2 is 2.36 bits per heavy atom. The average Bonchev–Trinajstić information content (AvgIpc) is 2.63. The summed E-state index contributed by atoms with van der Waals surface area (Å²) in [6.45, 7) is 2.45. The molecule has 0 fully saturated rings. The molecule has 0 amide bonds. The zero-order valence-corrected chi connectivity index (χ0v) is 7.77. The van der Waals surface area contributed by atoms with Gasteiger partial charge in [0.2, 0.25) is 0 Å². The summed E-state index contributed by atoms with van der Waals surface area (Å²) in [7, 11) is 0. The van der Waals surface area contributed by atoms with Gasteiger partial charge in [0.05, 0.1) is 12.7 Å². The number of hydrogen-bond donors (Lipinski definition) is 1.